The van der Waals surface area contributed by atoms with Gasteiger partial charge in [-0.25, -0.2) is 9.98 Å². The third-order valence-electron chi connectivity index (χ3n) is 4.77. The summed E-state index contributed by atoms with van der Waals surface area (Å²) < 4.78 is 5.56. The first kappa shape index (κ1) is 22.2. The number of hydrogen-bond donors (Lipinski definition) is 3. The number of aliphatic imine (C=N–C) groups is 1. The van der Waals surface area contributed by atoms with Gasteiger partial charge in [0, 0.05) is 49.3 Å². The van der Waals surface area contributed by atoms with Crippen molar-refractivity contribution in [3.05, 3.63) is 51.5 Å². The lowest BCUT2D eigenvalue weighted by atomic mass is 10.1. The molecule has 3 rings (SSSR count). The summed E-state index contributed by atoms with van der Waals surface area (Å²) in [4.78, 5) is 22.7. The molecule has 1 atom stereocenters. The van der Waals surface area contributed by atoms with E-state index < -0.39 is 0 Å². The van der Waals surface area contributed by atoms with E-state index in [1.54, 1.807) is 11.3 Å². The van der Waals surface area contributed by atoms with Gasteiger partial charge >= 0.3 is 0 Å². The number of benzene rings is 1. The Bertz CT molecular complexity index is 846. The van der Waals surface area contributed by atoms with Crippen LogP contribution < -0.4 is 16.0 Å². The summed E-state index contributed by atoms with van der Waals surface area (Å²) in [5, 5.41) is 10.7. The highest BCUT2D eigenvalue weighted by Crippen LogP contribution is 2.12. The second kappa shape index (κ2) is 11.7. The quantitative estimate of drug-likeness (QED) is 0.421. The highest BCUT2D eigenvalue weighted by atomic mass is 32.1. The smallest absolute Gasteiger partial charge is 0.251 e. The molecule has 3 N–H and O–H groups in total. The highest BCUT2D eigenvalue weighted by molar-refractivity contribution is 7.11. The number of nitrogens with zero attached hydrogens (tertiary/aromatic N) is 2. The minimum atomic E-state index is -0.0693. The number of nitrogens with one attached hydrogen (secondary N) is 3. The molecule has 1 aliphatic rings. The Morgan fingerprint density at radius 2 is 2.23 bits per heavy atom. The molecular weight excluding hydrogens is 398 g/mol. The van der Waals surface area contributed by atoms with Gasteiger partial charge in [-0.3, -0.25) is 4.79 Å². The first-order valence-corrected chi connectivity index (χ1v) is 11.4. The van der Waals surface area contributed by atoms with Gasteiger partial charge in [-0.2, -0.15) is 0 Å². The molecule has 7 nitrogen and oxygen atoms in total. The van der Waals surface area contributed by atoms with E-state index >= 15 is 0 Å². The van der Waals surface area contributed by atoms with Gasteiger partial charge in [0.05, 0.1) is 17.7 Å². The maximum absolute atomic E-state index is 12.4. The average Bonchev–Trinajstić information content (AvgIpc) is 3.42. The fourth-order valence-electron chi connectivity index (χ4n) is 3.24. The van der Waals surface area contributed by atoms with Gasteiger partial charge in [0.15, 0.2) is 5.96 Å². The highest BCUT2D eigenvalue weighted by Gasteiger charge is 2.16. The number of thiazole rings is 1. The molecule has 1 saturated heterocycles. The van der Waals surface area contributed by atoms with Crippen LogP contribution in [0.25, 0.3) is 0 Å². The van der Waals surface area contributed by atoms with E-state index in [0.717, 1.165) is 55.5 Å². The first-order chi connectivity index (χ1) is 14.6. The number of ether oxygens (including phenoxy) is 1. The second-order valence-electron chi connectivity index (χ2n) is 7.28. The average molecular weight is 430 g/mol. The Morgan fingerprint density at radius 3 is 2.97 bits per heavy atom. The van der Waals surface area contributed by atoms with Crippen molar-refractivity contribution in [1.29, 1.82) is 0 Å². The van der Waals surface area contributed by atoms with Crippen molar-refractivity contribution in [2.45, 2.75) is 45.8 Å². The molecule has 2 heterocycles. The zero-order valence-electron chi connectivity index (χ0n) is 17.7. The molecule has 0 aliphatic carbocycles. The number of amides is 1. The molecule has 0 saturated carbocycles. The van der Waals surface area contributed by atoms with Gasteiger partial charge < -0.3 is 20.7 Å². The Balaban J connectivity index is 1.51. The standard InChI is InChI=1S/C22H31N5O2S/c1-3-23-22(24-10-9-20-25-13-16(2)30-20)27-14-17-6-4-7-18(12-17)21(28)26-15-19-8-5-11-29-19/h4,6-7,12-13,19H,3,5,8-11,14-15H2,1-2H3,(H,26,28)(H2,23,24,27). The van der Waals surface area contributed by atoms with Crippen LogP contribution in [0.4, 0.5) is 0 Å². The zero-order valence-corrected chi connectivity index (χ0v) is 18.6. The van der Waals surface area contributed by atoms with E-state index in [1.165, 1.54) is 4.88 Å². The minimum Gasteiger partial charge on any atom is -0.376 e. The van der Waals surface area contributed by atoms with Crippen LogP contribution in [0.5, 0.6) is 0 Å². The van der Waals surface area contributed by atoms with E-state index in [2.05, 4.69) is 32.9 Å². The summed E-state index contributed by atoms with van der Waals surface area (Å²) in [5.74, 6) is 0.694. The van der Waals surface area contributed by atoms with E-state index in [4.69, 9.17) is 4.74 Å². The van der Waals surface area contributed by atoms with Gasteiger partial charge in [0.2, 0.25) is 0 Å². The molecule has 162 valence electrons. The molecule has 1 unspecified atom stereocenters. The molecule has 0 spiro atoms. The van der Waals surface area contributed by atoms with Crippen LogP contribution in [0.15, 0.2) is 35.5 Å². The molecule has 2 aromatic rings. The monoisotopic (exact) mass is 429 g/mol. The number of carbonyl (C=O) groups is 1. The topological polar surface area (TPSA) is 87.6 Å². The number of rotatable bonds is 9. The first-order valence-electron chi connectivity index (χ1n) is 10.6. The Labute approximate surface area is 182 Å². The summed E-state index contributed by atoms with van der Waals surface area (Å²) in [6.07, 6.45) is 4.99. The normalized spacial score (nSPS) is 16.5. The van der Waals surface area contributed by atoms with Crippen molar-refractivity contribution in [3.63, 3.8) is 0 Å². The Morgan fingerprint density at radius 1 is 1.33 bits per heavy atom. The number of aromatic nitrogens is 1. The minimum absolute atomic E-state index is 0.0693. The lowest BCUT2D eigenvalue weighted by Gasteiger charge is -2.12. The summed E-state index contributed by atoms with van der Waals surface area (Å²) in [6, 6.07) is 7.62. The summed E-state index contributed by atoms with van der Waals surface area (Å²) >= 11 is 1.72. The fraction of sp³-hybridized carbons (Fsp3) is 0.500. The van der Waals surface area contributed by atoms with Gasteiger partial charge in [-0.1, -0.05) is 12.1 Å². The van der Waals surface area contributed by atoms with E-state index in [-0.39, 0.29) is 12.0 Å². The van der Waals surface area contributed by atoms with Crippen LogP contribution in [-0.2, 0) is 17.7 Å². The maximum atomic E-state index is 12.4. The Hall–Kier alpha value is -2.45. The number of carbonyl (C=O) groups excluding carboxylic acids is 1. The van der Waals surface area contributed by atoms with Gasteiger partial charge in [-0.15, -0.1) is 11.3 Å². The van der Waals surface area contributed by atoms with Crippen LogP contribution in [0.2, 0.25) is 0 Å². The summed E-state index contributed by atoms with van der Waals surface area (Å²) in [6.45, 7) is 7.52. The second-order valence-corrected chi connectivity index (χ2v) is 8.60. The van der Waals surface area contributed by atoms with E-state index in [0.29, 0.717) is 18.7 Å². The molecular formula is C22H31N5O2S. The fourth-order valence-corrected chi connectivity index (χ4v) is 4.03. The van der Waals surface area contributed by atoms with E-state index in [9.17, 15) is 4.79 Å². The van der Waals surface area contributed by atoms with Crippen LogP contribution >= 0.6 is 11.3 Å². The molecule has 30 heavy (non-hydrogen) atoms. The molecule has 1 aromatic heterocycles. The largest absolute Gasteiger partial charge is 0.376 e. The Kier molecular flexibility index (Phi) is 8.65. The van der Waals surface area contributed by atoms with Crippen molar-refractivity contribution >= 4 is 23.2 Å². The van der Waals surface area contributed by atoms with Crippen LogP contribution in [0, 0.1) is 6.92 Å². The third kappa shape index (κ3) is 7.11. The lowest BCUT2D eigenvalue weighted by Crippen LogP contribution is -2.38. The molecule has 0 bridgehead atoms. The molecule has 8 heteroatoms. The molecule has 1 amide bonds. The molecule has 1 aliphatic heterocycles. The maximum Gasteiger partial charge on any atom is 0.251 e. The van der Waals surface area contributed by atoms with Crippen molar-refractivity contribution in [3.8, 4) is 0 Å². The van der Waals surface area contributed by atoms with Gasteiger partial charge in [-0.05, 0) is 44.4 Å². The third-order valence-corrected chi connectivity index (χ3v) is 5.74. The van der Waals surface area contributed by atoms with Crippen LogP contribution in [0.3, 0.4) is 0 Å². The predicted octanol–water partition coefficient (Wildman–Crippen LogP) is 2.66. The SMILES string of the molecule is CCNC(=NCc1cccc(C(=O)NCC2CCCO2)c1)NCCc1ncc(C)s1. The zero-order chi connectivity index (χ0) is 21.2. The van der Waals surface area contributed by atoms with Gasteiger partial charge in [0.1, 0.15) is 0 Å². The van der Waals surface area contributed by atoms with Crippen molar-refractivity contribution < 1.29 is 9.53 Å². The molecule has 1 fully saturated rings. The lowest BCUT2D eigenvalue weighted by molar-refractivity contribution is 0.0857. The van der Waals surface area contributed by atoms with Crippen molar-refractivity contribution in [2.75, 3.05) is 26.2 Å². The summed E-state index contributed by atoms with van der Waals surface area (Å²) in [7, 11) is 0. The van der Waals surface area contributed by atoms with Crippen LogP contribution in [0.1, 0.15) is 45.6 Å². The van der Waals surface area contributed by atoms with E-state index in [1.807, 2.05) is 37.4 Å². The number of guanidine groups is 1. The van der Waals surface area contributed by atoms with Crippen molar-refractivity contribution in [1.82, 2.24) is 20.9 Å². The van der Waals surface area contributed by atoms with Crippen LogP contribution in [-0.4, -0.2) is 49.2 Å². The van der Waals surface area contributed by atoms with Crippen molar-refractivity contribution in [2.24, 2.45) is 4.99 Å². The molecule has 1 aromatic carbocycles. The predicted molar refractivity (Wildman–Crippen MR) is 121 cm³/mol. The number of hydrogen-bond acceptors (Lipinski definition) is 5. The molecule has 0 radical (unpaired) electrons. The summed E-state index contributed by atoms with van der Waals surface area (Å²) in [5.41, 5.74) is 1.64. The van der Waals surface area contributed by atoms with Gasteiger partial charge in [0.25, 0.3) is 5.91 Å². The number of aryl methyl sites for hydroxylation is 1.